The minimum Gasteiger partial charge on any atom is -0.480 e. The van der Waals surface area contributed by atoms with Crippen LogP contribution in [0.1, 0.15) is 64.2 Å². The normalized spacial score (nSPS) is 21.8. The van der Waals surface area contributed by atoms with Crippen molar-refractivity contribution < 1.29 is 24.6 Å². The number of amides is 1. The van der Waals surface area contributed by atoms with Crippen LogP contribution in [-0.4, -0.2) is 46.0 Å². The van der Waals surface area contributed by atoms with Crippen molar-refractivity contribution in [3.63, 3.8) is 0 Å². The van der Waals surface area contributed by atoms with Gasteiger partial charge in [0.1, 0.15) is 0 Å². The molecule has 6 heteroatoms. The van der Waals surface area contributed by atoms with E-state index in [1.54, 1.807) is 4.90 Å². The number of carbonyl (C=O) groups excluding carboxylic acids is 1. The van der Waals surface area contributed by atoms with Crippen molar-refractivity contribution in [1.82, 2.24) is 4.90 Å². The number of carboxylic acid groups (broad SMARTS) is 2. The van der Waals surface area contributed by atoms with E-state index in [0.29, 0.717) is 6.42 Å². The summed E-state index contributed by atoms with van der Waals surface area (Å²) in [5.74, 6) is -1.81. The van der Waals surface area contributed by atoms with Gasteiger partial charge in [0.15, 0.2) is 5.41 Å². The number of piperidine rings is 1. The number of hydrogen-bond donors (Lipinski definition) is 2. The Hall–Kier alpha value is -1.59. The Labute approximate surface area is 136 Å². The van der Waals surface area contributed by atoms with E-state index in [-0.39, 0.29) is 31.8 Å². The van der Waals surface area contributed by atoms with Gasteiger partial charge in [0.25, 0.3) is 0 Å². The quantitative estimate of drug-likeness (QED) is 0.732. The van der Waals surface area contributed by atoms with Crippen LogP contribution >= 0.6 is 0 Å². The topological polar surface area (TPSA) is 94.9 Å². The Kier molecular flexibility index (Phi) is 6.02. The third-order valence-electron chi connectivity index (χ3n) is 5.52. The van der Waals surface area contributed by atoms with Gasteiger partial charge in [0.2, 0.25) is 5.91 Å². The predicted octanol–water partition coefficient (Wildman–Crippen LogP) is 2.52. The van der Waals surface area contributed by atoms with Crippen molar-refractivity contribution in [2.24, 2.45) is 11.3 Å². The molecular formula is C17H27NO5. The molecule has 0 unspecified atom stereocenters. The van der Waals surface area contributed by atoms with E-state index in [4.69, 9.17) is 0 Å². The van der Waals surface area contributed by atoms with Gasteiger partial charge >= 0.3 is 11.9 Å². The first-order valence-corrected chi connectivity index (χ1v) is 8.70. The van der Waals surface area contributed by atoms with Crippen LogP contribution in [0.4, 0.5) is 0 Å². The molecule has 1 aliphatic carbocycles. The highest BCUT2D eigenvalue weighted by Gasteiger charge is 2.49. The largest absolute Gasteiger partial charge is 0.480 e. The molecule has 1 saturated heterocycles. The number of aliphatic carboxylic acids is 2. The van der Waals surface area contributed by atoms with E-state index >= 15 is 0 Å². The first kappa shape index (κ1) is 17.8. The van der Waals surface area contributed by atoms with Crippen LogP contribution in [0.3, 0.4) is 0 Å². The van der Waals surface area contributed by atoms with Gasteiger partial charge in [-0.15, -0.1) is 0 Å². The van der Waals surface area contributed by atoms with Crippen molar-refractivity contribution in [1.29, 1.82) is 0 Å². The van der Waals surface area contributed by atoms with Crippen LogP contribution in [0.15, 0.2) is 0 Å². The van der Waals surface area contributed by atoms with Crippen LogP contribution in [-0.2, 0) is 14.4 Å². The number of nitrogens with zero attached hydrogens (tertiary/aromatic N) is 1. The lowest BCUT2D eigenvalue weighted by Gasteiger charge is -2.36. The zero-order valence-electron chi connectivity index (χ0n) is 13.6. The van der Waals surface area contributed by atoms with Crippen molar-refractivity contribution in [3.05, 3.63) is 0 Å². The second-order valence-corrected chi connectivity index (χ2v) is 6.97. The molecule has 0 atom stereocenters. The maximum atomic E-state index is 12.2. The van der Waals surface area contributed by atoms with Gasteiger partial charge in [-0.05, 0) is 31.6 Å². The van der Waals surface area contributed by atoms with Gasteiger partial charge in [-0.1, -0.05) is 32.1 Å². The Bertz CT molecular complexity index is 432. The highest BCUT2D eigenvalue weighted by atomic mass is 16.4. The van der Waals surface area contributed by atoms with Crippen LogP contribution in [0.2, 0.25) is 0 Å². The molecule has 0 aromatic rings. The van der Waals surface area contributed by atoms with E-state index in [2.05, 4.69) is 0 Å². The molecule has 6 nitrogen and oxygen atoms in total. The summed E-state index contributed by atoms with van der Waals surface area (Å²) in [5.41, 5.74) is -1.72. The minimum absolute atomic E-state index is 0.00791. The zero-order valence-corrected chi connectivity index (χ0v) is 13.6. The Balaban J connectivity index is 1.74. The van der Waals surface area contributed by atoms with Crippen molar-refractivity contribution in [2.75, 3.05) is 13.1 Å². The molecule has 23 heavy (non-hydrogen) atoms. The Morgan fingerprint density at radius 1 is 0.957 bits per heavy atom. The van der Waals surface area contributed by atoms with Crippen LogP contribution in [0, 0.1) is 11.3 Å². The monoisotopic (exact) mass is 325 g/mol. The summed E-state index contributed by atoms with van der Waals surface area (Å²) in [7, 11) is 0. The van der Waals surface area contributed by atoms with Crippen LogP contribution in [0.25, 0.3) is 0 Å². The van der Waals surface area contributed by atoms with Crippen molar-refractivity contribution in [2.45, 2.75) is 64.2 Å². The van der Waals surface area contributed by atoms with E-state index < -0.39 is 17.4 Å². The average Bonchev–Trinajstić information content (AvgIpc) is 2.55. The summed E-state index contributed by atoms with van der Waals surface area (Å²) < 4.78 is 0. The molecule has 1 saturated carbocycles. The molecule has 0 spiro atoms. The number of carboxylic acids is 2. The summed E-state index contributed by atoms with van der Waals surface area (Å²) in [6.45, 7) is 0.446. The number of likely N-dealkylation sites (tertiary alicyclic amines) is 1. The fourth-order valence-electron chi connectivity index (χ4n) is 3.83. The van der Waals surface area contributed by atoms with Gasteiger partial charge in [-0.25, -0.2) is 0 Å². The lowest BCUT2D eigenvalue weighted by Crippen LogP contribution is -2.50. The molecule has 1 amide bonds. The number of carbonyl (C=O) groups is 3. The van der Waals surface area contributed by atoms with Crippen LogP contribution in [0.5, 0.6) is 0 Å². The summed E-state index contributed by atoms with van der Waals surface area (Å²) in [6, 6.07) is 0. The fraction of sp³-hybridized carbons (Fsp3) is 0.824. The van der Waals surface area contributed by atoms with Crippen LogP contribution < -0.4 is 0 Å². The third kappa shape index (κ3) is 4.24. The van der Waals surface area contributed by atoms with Gasteiger partial charge in [-0.3, -0.25) is 14.4 Å². The van der Waals surface area contributed by atoms with E-state index in [1.807, 2.05) is 0 Å². The maximum absolute atomic E-state index is 12.2. The second-order valence-electron chi connectivity index (χ2n) is 6.97. The molecule has 2 aliphatic rings. The molecule has 0 bridgehead atoms. The predicted molar refractivity (Wildman–Crippen MR) is 83.9 cm³/mol. The Morgan fingerprint density at radius 2 is 1.52 bits per heavy atom. The maximum Gasteiger partial charge on any atom is 0.321 e. The molecule has 0 aromatic carbocycles. The van der Waals surface area contributed by atoms with Crippen molar-refractivity contribution in [3.8, 4) is 0 Å². The molecular weight excluding hydrogens is 298 g/mol. The lowest BCUT2D eigenvalue weighted by atomic mass is 9.78. The molecule has 1 heterocycles. The SMILES string of the molecule is O=C(CCCC1CCCCC1)N1CCC(C(=O)O)(C(=O)O)CC1. The third-order valence-corrected chi connectivity index (χ3v) is 5.52. The first-order valence-electron chi connectivity index (χ1n) is 8.70. The van der Waals surface area contributed by atoms with Gasteiger partial charge in [-0.2, -0.15) is 0 Å². The Morgan fingerprint density at radius 3 is 2.04 bits per heavy atom. The molecule has 2 rings (SSSR count). The molecule has 130 valence electrons. The highest BCUT2D eigenvalue weighted by molar-refractivity contribution is 5.98. The van der Waals surface area contributed by atoms with Gasteiger partial charge in [0.05, 0.1) is 0 Å². The van der Waals surface area contributed by atoms with E-state index in [1.165, 1.54) is 32.1 Å². The highest BCUT2D eigenvalue weighted by Crippen LogP contribution is 2.33. The fourth-order valence-corrected chi connectivity index (χ4v) is 3.83. The first-order chi connectivity index (χ1) is 11.0. The zero-order chi connectivity index (χ0) is 16.9. The molecule has 2 N–H and O–H groups in total. The summed E-state index contributed by atoms with van der Waals surface area (Å²) in [4.78, 5) is 36.4. The number of hydrogen-bond acceptors (Lipinski definition) is 3. The second kappa shape index (κ2) is 7.79. The van der Waals surface area contributed by atoms with Gasteiger partial charge in [0, 0.05) is 19.5 Å². The summed E-state index contributed by atoms with van der Waals surface area (Å²) in [6.07, 6.45) is 8.93. The van der Waals surface area contributed by atoms with E-state index in [9.17, 15) is 24.6 Å². The molecule has 1 aliphatic heterocycles. The standard InChI is InChI=1S/C17H27NO5/c19-14(8-4-7-13-5-2-1-3-6-13)18-11-9-17(10-12-18,15(20)21)16(22)23/h13H,1-12H2,(H,20,21)(H,22,23). The molecule has 0 radical (unpaired) electrons. The van der Waals surface area contributed by atoms with E-state index in [0.717, 1.165) is 18.8 Å². The lowest BCUT2D eigenvalue weighted by molar-refractivity contribution is -0.169. The van der Waals surface area contributed by atoms with Crippen molar-refractivity contribution >= 4 is 17.8 Å². The number of rotatable bonds is 6. The summed E-state index contributed by atoms with van der Waals surface area (Å²) >= 11 is 0. The summed E-state index contributed by atoms with van der Waals surface area (Å²) in [5, 5.41) is 18.4. The van der Waals surface area contributed by atoms with Gasteiger partial charge < -0.3 is 15.1 Å². The smallest absolute Gasteiger partial charge is 0.321 e. The minimum atomic E-state index is -1.72. The molecule has 0 aromatic heterocycles. The average molecular weight is 325 g/mol. The molecule has 2 fully saturated rings.